The van der Waals surface area contributed by atoms with Crippen molar-refractivity contribution in [1.29, 1.82) is 0 Å². The van der Waals surface area contributed by atoms with Gasteiger partial charge in [-0.25, -0.2) is 29.9 Å². The molecule has 2 atom stereocenters. The van der Waals surface area contributed by atoms with Gasteiger partial charge in [-0.05, 0) is 57.6 Å². The second-order valence-electron chi connectivity index (χ2n) is 15.7. The first-order chi connectivity index (χ1) is 30.7. The largest absolute Gasteiger partial charge is 0.256 e. The number of hydrogen-bond acceptors (Lipinski definition) is 7. The standard InChI is InChI=1S/C55H35N7/c1-4-16-34(17-5-1)50-57-51(35-18-6-2-7-19-35)59-53(58-50)37-27-29-42-45(32-37)48-40-23-11-12-24-41(40)49(42)46-33-38(28-30-43(46)48)54-60-52(36-20-8-3-9-21-36)61-55(62-54)44-25-13-10-22-39(44)47-26-14-15-31-56-47/h1-33,48-49H. The number of aromatic nitrogens is 7. The monoisotopic (exact) mass is 793 g/mol. The number of rotatable bonds is 7. The number of nitrogens with zero attached hydrogens (tertiary/aromatic N) is 7. The minimum Gasteiger partial charge on any atom is -0.256 e. The Morgan fingerprint density at radius 3 is 1.08 bits per heavy atom. The van der Waals surface area contributed by atoms with Gasteiger partial charge in [0.1, 0.15) is 0 Å². The van der Waals surface area contributed by atoms with Crippen LogP contribution in [0.5, 0.6) is 0 Å². The van der Waals surface area contributed by atoms with Gasteiger partial charge in [0.15, 0.2) is 34.9 Å². The third-order valence-electron chi connectivity index (χ3n) is 12.0. The summed E-state index contributed by atoms with van der Waals surface area (Å²) in [5.74, 6) is 3.83. The van der Waals surface area contributed by atoms with E-state index in [-0.39, 0.29) is 11.8 Å². The Morgan fingerprint density at radius 2 is 0.629 bits per heavy atom. The Morgan fingerprint density at radius 1 is 0.258 bits per heavy atom. The molecule has 0 saturated carbocycles. The predicted molar refractivity (Wildman–Crippen MR) is 244 cm³/mol. The molecule has 0 aliphatic heterocycles. The van der Waals surface area contributed by atoms with E-state index in [4.69, 9.17) is 29.9 Å². The van der Waals surface area contributed by atoms with E-state index in [1.165, 1.54) is 33.4 Å². The zero-order chi connectivity index (χ0) is 41.0. The minimum atomic E-state index is 0.0214. The van der Waals surface area contributed by atoms with Crippen molar-refractivity contribution in [1.82, 2.24) is 34.9 Å². The molecule has 3 heterocycles. The van der Waals surface area contributed by atoms with Crippen LogP contribution in [0.1, 0.15) is 45.2 Å². The number of pyridine rings is 1. The molecule has 3 aliphatic carbocycles. The van der Waals surface area contributed by atoms with E-state index in [1.807, 2.05) is 128 Å². The fourth-order valence-electron chi connectivity index (χ4n) is 9.20. The lowest BCUT2D eigenvalue weighted by Crippen LogP contribution is -2.27. The summed E-state index contributed by atoms with van der Waals surface area (Å²) in [5.41, 5.74) is 15.2. The second kappa shape index (κ2) is 14.8. The van der Waals surface area contributed by atoms with Crippen molar-refractivity contribution in [2.24, 2.45) is 0 Å². The molecule has 7 nitrogen and oxygen atoms in total. The van der Waals surface area contributed by atoms with Gasteiger partial charge in [-0.3, -0.25) is 4.98 Å². The fourth-order valence-corrected chi connectivity index (χ4v) is 9.20. The van der Waals surface area contributed by atoms with E-state index in [2.05, 4.69) is 77.8 Å². The van der Waals surface area contributed by atoms with Crippen molar-refractivity contribution in [2.75, 3.05) is 0 Å². The average molecular weight is 794 g/mol. The lowest BCUT2D eigenvalue weighted by molar-refractivity contribution is 0.754. The molecule has 290 valence electrons. The van der Waals surface area contributed by atoms with Crippen LogP contribution in [0.2, 0.25) is 0 Å². The molecular formula is C55H35N7. The highest BCUT2D eigenvalue weighted by Crippen LogP contribution is 2.56. The first kappa shape index (κ1) is 35.6. The van der Waals surface area contributed by atoms with Crippen molar-refractivity contribution in [3.05, 3.63) is 234 Å². The maximum Gasteiger partial charge on any atom is 0.164 e. The molecule has 0 N–H and O–H groups in total. The van der Waals surface area contributed by atoms with E-state index < -0.39 is 0 Å². The van der Waals surface area contributed by atoms with Gasteiger partial charge in [0.2, 0.25) is 0 Å². The summed E-state index contributed by atoms with van der Waals surface area (Å²) in [4.78, 5) is 35.2. The van der Waals surface area contributed by atoms with E-state index in [9.17, 15) is 0 Å². The van der Waals surface area contributed by atoms with Crippen LogP contribution in [0.4, 0.5) is 0 Å². The van der Waals surface area contributed by atoms with Crippen LogP contribution < -0.4 is 0 Å². The molecule has 2 unspecified atom stereocenters. The van der Waals surface area contributed by atoms with Crippen LogP contribution in [-0.2, 0) is 0 Å². The topological polar surface area (TPSA) is 90.2 Å². The average Bonchev–Trinajstić information content (AvgIpc) is 3.36. The number of hydrogen-bond donors (Lipinski definition) is 0. The van der Waals surface area contributed by atoms with Gasteiger partial charge in [-0.1, -0.05) is 170 Å². The van der Waals surface area contributed by atoms with Gasteiger partial charge in [0.25, 0.3) is 0 Å². The van der Waals surface area contributed by atoms with Gasteiger partial charge in [-0.15, -0.1) is 0 Å². The van der Waals surface area contributed by atoms with E-state index in [0.29, 0.717) is 34.9 Å². The summed E-state index contributed by atoms with van der Waals surface area (Å²) in [5, 5.41) is 0. The van der Waals surface area contributed by atoms with Crippen molar-refractivity contribution in [3.8, 4) is 79.6 Å². The Bertz CT molecular complexity index is 3240. The molecule has 10 aromatic rings. The molecule has 0 fully saturated rings. The zero-order valence-electron chi connectivity index (χ0n) is 33.3. The Balaban J connectivity index is 0.993. The summed E-state index contributed by atoms with van der Waals surface area (Å²) in [6, 6.07) is 66.9. The predicted octanol–water partition coefficient (Wildman–Crippen LogP) is 12.1. The molecule has 0 saturated heterocycles. The van der Waals surface area contributed by atoms with E-state index in [0.717, 1.165) is 44.6 Å². The highest BCUT2D eigenvalue weighted by atomic mass is 15.0. The highest BCUT2D eigenvalue weighted by molar-refractivity contribution is 5.81. The van der Waals surface area contributed by atoms with Crippen LogP contribution in [0.3, 0.4) is 0 Å². The van der Waals surface area contributed by atoms with Crippen LogP contribution in [0.25, 0.3) is 79.6 Å². The Labute approximate surface area is 358 Å². The summed E-state index contributed by atoms with van der Waals surface area (Å²) in [6.45, 7) is 0. The molecule has 0 amide bonds. The fraction of sp³-hybridized carbons (Fsp3) is 0.0364. The molecule has 3 aromatic heterocycles. The molecule has 2 bridgehead atoms. The molecular weight excluding hydrogens is 759 g/mol. The summed E-state index contributed by atoms with van der Waals surface area (Å²) in [7, 11) is 0. The Hall–Kier alpha value is -8.29. The lowest BCUT2D eigenvalue weighted by Gasteiger charge is -2.42. The second-order valence-corrected chi connectivity index (χ2v) is 15.7. The first-order valence-electron chi connectivity index (χ1n) is 20.8. The lowest BCUT2D eigenvalue weighted by atomic mass is 9.61. The smallest absolute Gasteiger partial charge is 0.164 e. The third kappa shape index (κ3) is 6.09. The van der Waals surface area contributed by atoms with Crippen molar-refractivity contribution < 1.29 is 0 Å². The van der Waals surface area contributed by atoms with Gasteiger partial charge < -0.3 is 0 Å². The van der Waals surface area contributed by atoms with Gasteiger partial charge in [0.05, 0.1) is 5.69 Å². The van der Waals surface area contributed by atoms with Crippen molar-refractivity contribution in [3.63, 3.8) is 0 Å². The van der Waals surface area contributed by atoms with Gasteiger partial charge >= 0.3 is 0 Å². The molecule has 0 radical (unpaired) electrons. The van der Waals surface area contributed by atoms with Crippen LogP contribution in [-0.4, -0.2) is 34.9 Å². The van der Waals surface area contributed by atoms with Gasteiger partial charge in [-0.2, -0.15) is 0 Å². The van der Waals surface area contributed by atoms with Crippen LogP contribution in [0.15, 0.2) is 200 Å². The quantitative estimate of drug-likeness (QED) is 0.159. The van der Waals surface area contributed by atoms with Gasteiger partial charge in [0, 0.05) is 57.0 Å². The third-order valence-corrected chi connectivity index (χ3v) is 12.0. The molecule has 3 aliphatic rings. The zero-order valence-corrected chi connectivity index (χ0v) is 33.3. The minimum absolute atomic E-state index is 0.0214. The number of benzene rings is 7. The molecule has 62 heavy (non-hydrogen) atoms. The Kier molecular flexibility index (Phi) is 8.49. The SMILES string of the molecule is c1ccc(-c2nc(-c3ccccc3)nc(-c3ccc4c(c3)C3c5ccccc5C4c4cc(-c5nc(-c6ccccc6)nc(-c6ccccc6-c6ccccn6)n5)ccc43)n2)cc1. The summed E-state index contributed by atoms with van der Waals surface area (Å²) < 4.78 is 0. The molecule has 0 spiro atoms. The molecule has 13 rings (SSSR count). The van der Waals surface area contributed by atoms with Crippen LogP contribution in [0, 0.1) is 0 Å². The highest BCUT2D eigenvalue weighted by Gasteiger charge is 2.41. The van der Waals surface area contributed by atoms with Crippen molar-refractivity contribution >= 4 is 0 Å². The maximum atomic E-state index is 5.22. The normalized spacial score (nSPS) is 14.5. The van der Waals surface area contributed by atoms with E-state index in [1.54, 1.807) is 0 Å². The summed E-state index contributed by atoms with van der Waals surface area (Å²) in [6.07, 6.45) is 1.81. The van der Waals surface area contributed by atoms with E-state index >= 15 is 0 Å². The summed E-state index contributed by atoms with van der Waals surface area (Å²) >= 11 is 0. The van der Waals surface area contributed by atoms with Crippen molar-refractivity contribution in [2.45, 2.75) is 11.8 Å². The molecule has 7 aromatic carbocycles. The first-order valence-corrected chi connectivity index (χ1v) is 20.8. The molecule has 7 heteroatoms. The van der Waals surface area contributed by atoms with Crippen LogP contribution >= 0.6 is 0 Å². The maximum absolute atomic E-state index is 5.22.